The number of sulfonamides is 1. The molecule has 2 aromatic rings. The molecule has 2 aromatic carbocycles. The van der Waals surface area contributed by atoms with Crippen molar-refractivity contribution in [3.05, 3.63) is 65.7 Å². The Kier molecular flexibility index (Phi) is 6.46. The lowest BCUT2D eigenvalue weighted by atomic mass is 9.92. The van der Waals surface area contributed by atoms with Gasteiger partial charge in [0.1, 0.15) is 5.54 Å². The predicted molar refractivity (Wildman–Crippen MR) is 125 cm³/mol. The highest BCUT2D eigenvalue weighted by atomic mass is 32.2. The first kappa shape index (κ1) is 23.9. The maximum absolute atomic E-state index is 13.0. The van der Waals surface area contributed by atoms with E-state index in [1.807, 2.05) is 0 Å². The summed E-state index contributed by atoms with van der Waals surface area (Å²) in [6.45, 7) is 1.57. The second kappa shape index (κ2) is 9.19. The van der Waals surface area contributed by atoms with Gasteiger partial charge in [0.25, 0.3) is 11.8 Å². The van der Waals surface area contributed by atoms with Crippen molar-refractivity contribution in [3.63, 3.8) is 0 Å². The van der Waals surface area contributed by atoms with Crippen molar-refractivity contribution in [1.82, 2.24) is 20.1 Å². The Morgan fingerprint density at radius 1 is 1.03 bits per heavy atom. The number of hydrogen-bond acceptors (Lipinski definition) is 5. The summed E-state index contributed by atoms with van der Waals surface area (Å²) in [4.78, 5) is 38.2. The van der Waals surface area contributed by atoms with Gasteiger partial charge in [0.2, 0.25) is 10.0 Å². The molecule has 4 rings (SSSR count). The quantitative estimate of drug-likeness (QED) is 0.612. The van der Waals surface area contributed by atoms with Crippen LogP contribution in [-0.4, -0.2) is 48.7 Å². The summed E-state index contributed by atoms with van der Waals surface area (Å²) in [5.41, 5.74) is 1.72. The van der Waals surface area contributed by atoms with E-state index < -0.39 is 33.4 Å². The van der Waals surface area contributed by atoms with Gasteiger partial charge in [-0.25, -0.2) is 13.2 Å². The fourth-order valence-corrected chi connectivity index (χ4v) is 5.88. The summed E-state index contributed by atoms with van der Waals surface area (Å²) >= 11 is 0. The van der Waals surface area contributed by atoms with Crippen molar-refractivity contribution >= 4 is 27.9 Å². The molecule has 1 unspecified atom stereocenters. The van der Waals surface area contributed by atoms with Gasteiger partial charge in [0.05, 0.1) is 4.90 Å². The average molecular weight is 485 g/mol. The van der Waals surface area contributed by atoms with Gasteiger partial charge in [-0.15, -0.1) is 0 Å². The summed E-state index contributed by atoms with van der Waals surface area (Å²) in [6, 6.07) is 13.4. The maximum Gasteiger partial charge on any atom is 0.344 e. The first-order valence-corrected chi connectivity index (χ1v) is 12.7. The second-order valence-corrected chi connectivity index (χ2v) is 10.8. The number of carbonyl (C=O) groups is 3. The molecule has 10 heteroatoms. The van der Waals surface area contributed by atoms with Crippen molar-refractivity contribution < 1.29 is 22.8 Å². The Hall–Kier alpha value is -3.24. The number of nitrogens with one attached hydrogen (secondary N) is 2. The van der Waals surface area contributed by atoms with Gasteiger partial charge in [0, 0.05) is 18.7 Å². The molecule has 1 saturated carbocycles. The molecule has 1 heterocycles. The van der Waals surface area contributed by atoms with Gasteiger partial charge in [0.15, 0.2) is 0 Å². The standard InChI is InChI=1S/C24H28N4O5S/c1-24(18-9-5-3-6-10-18)22(30)28(23(31)25-24)26-21(29)17-13-15-20(16-14-17)34(32,33)27(2)19-11-7-4-8-12-19/h3,5-6,9-10,13-16,19H,4,7-8,11-12H2,1-2H3,(H,25,31)(H,26,29). The summed E-state index contributed by atoms with van der Waals surface area (Å²) in [6.07, 6.45) is 4.82. The number of nitrogens with zero attached hydrogens (tertiary/aromatic N) is 2. The minimum atomic E-state index is -3.69. The van der Waals surface area contributed by atoms with Crippen LogP contribution in [0.2, 0.25) is 0 Å². The van der Waals surface area contributed by atoms with Crippen molar-refractivity contribution in [2.75, 3.05) is 7.05 Å². The van der Waals surface area contributed by atoms with Crippen LogP contribution in [0, 0.1) is 0 Å². The van der Waals surface area contributed by atoms with E-state index >= 15 is 0 Å². The fourth-order valence-electron chi connectivity index (χ4n) is 4.46. The molecule has 34 heavy (non-hydrogen) atoms. The van der Waals surface area contributed by atoms with Crippen molar-refractivity contribution in [2.24, 2.45) is 0 Å². The van der Waals surface area contributed by atoms with Gasteiger partial charge in [-0.05, 0) is 49.6 Å². The molecular weight excluding hydrogens is 456 g/mol. The zero-order valence-corrected chi connectivity index (χ0v) is 20.0. The molecule has 0 aromatic heterocycles. The third-order valence-corrected chi connectivity index (χ3v) is 8.56. The van der Waals surface area contributed by atoms with Crippen LogP contribution < -0.4 is 10.7 Å². The molecule has 1 saturated heterocycles. The number of amides is 4. The normalized spacial score (nSPS) is 21.6. The Labute approximate surface area is 199 Å². The first-order chi connectivity index (χ1) is 16.1. The van der Waals surface area contributed by atoms with Crippen LogP contribution in [-0.2, 0) is 20.4 Å². The number of urea groups is 1. The highest BCUT2D eigenvalue weighted by Crippen LogP contribution is 2.28. The lowest BCUT2D eigenvalue weighted by Crippen LogP contribution is -2.47. The third-order valence-electron chi connectivity index (χ3n) is 6.64. The minimum absolute atomic E-state index is 0.0275. The van der Waals surface area contributed by atoms with E-state index in [1.165, 1.54) is 28.6 Å². The molecule has 2 fully saturated rings. The van der Waals surface area contributed by atoms with Crippen molar-refractivity contribution in [1.29, 1.82) is 0 Å². The molecule has 0 radical (unpaired) electrons. The van der Waals surface area contributed by atoms with Crippen LogP contribution in [0.5, 0.6) is 0 Å². The van der Waals surface area contributed by atoms with E-state index in [1.54, 1.807) is 44.3 Å². The SMILES string of the molecule is CN(C1CCCCC1)S(=O)(=O)c1ccc(C(=O)NN2C(=O)NC(C)(c3ccccc3)C2=O)cc1. The predicted octanol–water partition coefficient (Wildman–Crippen LogP) is 2.75. The molecule has 0 spiro atoms. The Morgan fingerprint density at radius 3 is 2.26 bits per heavy atom. The van der Waals surface area contributed by atoms with Gasteiger partial charge in [-0.1, -0.05) is 49.6 Å². The van der Waals surface area contributed by atoms with Gasteiger partial charge in [-0.3, -0.25) is 15.0 Å². The van der Waals surface area contributed by atoms with E-state index in [0.717, 1.165) is 32.1 Å². The van der Waals surface area contributed by atoms with Crippen molar-refractivity contribution in [2.45, 2.75) is 55.5 Å². The van der Waals surface area contributed by atoms with Crippen molar-refractivity contribution in [3.8, 4) is 0 Å². The van der Waals surface area contributed by atoms with E-state index in [-0.39, 0.29) is 16.5 Å². The van der Waals surface area contributed by atoms with Gasteiger partial charge in [-0.2, -0.15) is 9.31 Å². The number of rotatable bonds is 6. The third kappa shape index (κ3) is 4.30. The van der Waals surface area contributed by atoms with E-state index in [0.29, 0.717) is 10.6 Å². The maximum atomic E-state index is 13.0. The molecule has 2 aliphatic rings. The largest absolute Gasteiger partial charge is 0.344 e. The summed E-state index contributed by atoms with van der Waals surface area (Å²) in [7, 11) is -2.10. The zero-order chi connectivity index (χ0) is 24.5. The highest BCUT2D eigenvalue weighted by Gasteiger charge is 2.50. The Morgan fingerprint density at radius 2 is 1.65 bits per heavy atom. The van der Waals surface area contributed by atoms with E-state index in [9.17, 15) is 22.8 Å². The number of hydrazine groups is 1. The molecule has 1 atom stereocenters. The van der Waals surface area contributed by atoms with Crippen LogP contribution in [0.1, 0.15) is 54.9 Å². The fraction of sp³-hybridized carbons (Fsp3) is 0.375. The number of imide groups is 1. The summed E-state index contributed by atoms with van der Waals surface area (Å²) in [5.74, 6) is -1.32. The first-order valence-electron chi connectivity index (χ1n) is 11.3. The molecule has 0 bridgehead atoms. The number of carbonyl (C=O) groups excluding carboxylic acids is 3. The molecule has 1 aliphatic carbocycles. The Balaban J connectivity index is 1.47. The van der Waals surface area contributed by atoms with E-state index in [4.69, 9.17) is 0 Å². The molecular formula is C24H28N4O5S. The average Bonchev–Trinajstić information content (AvgIpc) is 3.08. The lowest BCUT2D eigenvalue weighted by molar-refractivity contribution is -0.132. The zero-order valence-electron chi connectivity index (χ0n) is 19.2. The molecule has 4 amide bonds. The molecule has 9 nitrogen and oxygen atoms in total. The molecule has 1 aliphatic heterocycles. The van der Waals surface area contributed by atoms with Gasteiger partial charge < -0.3 is 5.32 Å². The monoisotopic (exact) mass is 484 g/mol. The molecule has 180 valence electrons. The van der Waals surface area contributed by atoms with Crippen LogP contribution in [0.3, 0.4) is 0 Å². The van der Waals surface area contributed by atoms with Gasteiger partial charge >= 0.3 is 6.03 Å². The topological polar surface area (TPSA) is 116 Å². The van der Waals surface area contributed by atoms with Crippen LogP contribution in [0.4, 0.5) is 4.79 Å². The summed E-state index contributed by atoms with van der Waals surface area (Å²) < 4.78 is 27.4. The smallest absolute Gasteiger partial charge is 0.318 e. The van der Waals surface area contributed by atoms with Crippen LogP contribution in [0.15, 0.2) is 59.5 Å². The molecule has 2 N–H and O–H groups in total. The minimum Gasteiger partial charge on any atom is -0.318 e. The lowest BCUT2D eigenvalue weighted by Gasteiger charge is -2.30. The number of hydrogen-bond donors (Lipinski definition) is 2. The second-order valence-electron chi connectivity index (χ2n) is 8.84. The summed E-state index contributed by atoms with van der Waals surface area (Å²) in [5, 5.41) is 3.26. The Bertz CT molecular complexity index is 1190. The van der Waals surface area contributed by atoms with Crippen LogP contribution >= 0.6 is 0 Å². The van der Waals surface area contributed by atoms with Crippen LogP contribution in [0.25, 0.3) is 0 Å². The van der Waals surface area contributed by atoms with E-state index in [2.05, 4.69) is 10.7 Å². The number of benzene rings is 2. The highest BCUT2D eigenvalue weighted by molar-refractivity contribution is 7.89.